The van der Waals surface area contributed by atoms with E-state index in [1.807, 2.05) is 0 Å². The standard InChI is InChI=1S/C22H25FN2O2.ClH/c1-27-20-4-2-3-16-13-17-14-25(11-9-19(17)21(16)20)12-10-24-22(26)15-5-7-18(23)8-6-15;/h2-8,17,19H,9-14H2,1H3,(H,24,26);1H/t17-,19-;/m1./s1. The Labute approximate surface area is 171 Å². The van der Waals surface area contributed by atoms with Crippen molar-refractivity contribution in [3.63, 3.8) is 0 Å². The number of carbonyl (C=O) groups is 1. The summed E-state index contributed by atoms with van der Waals surface area (Å²) in [4.78, 5) is 14.6. The second-order valence-electron chi connectivity index (χ2n) is 7.46. The monoisotopic (exact) mass is 404 g/mol. The number of rotatable bonds is 5. The van der Waals surface area contributed by atoms with Crippen molar-refractivity contribution in [1.82, 2.24) is 10.2 Å². The van der Waals surface area contributed by atoms with Gasteiger partial charge in [0.15, 0.2) is 0 Å². The first-order valence-corrected chi connectivity index (χ1v) is 9.57. The topological polar surface area (TPSA) is 41.6 Å². The number of likely N-dealkylation sites (tertiary alicyclic amines) is 1. The molecule has 1 fully saturated rings. The van der Waals surface area contributed by atoms with E-state index in [0.29, 0.717) is 23.9 Å². The van der Waals surface area contributed by atoms with Crippen LogP contribution in [0.5, 0.6) is 5.75 Å². The zero-order valence-corrected chi connectivity index (χ0v) is 16.8. The van der Waals surface area contributed by atoms with Crippen molar-refractivity contribution in [3.05, 3.63) is 65.0 Å². The SMILES string of the molecule is COc1cccc2c1[C@@H]1CCN(CCNC(=O)c3ccc(F)cc3)C[C@H]1C2.Cl. The van der Waals surface area contributed by atoms with Crippen molar-refractivity contribution in [1.29, 1.82) is 0 Å². The Kier molecular flexibility index (Phi) is 6.57. The molecule has 0 spiro atoms. The smallest absolute Gasteiger partial charge is 0.251 e. The number of carbonyl (C=O) groups excluding carboxylic acids is 1. The van der Waals surface area contributed by atoms with Gasteiger partial charge in [-0.1, -0.05) is 12.1 Å². The molecule has 1 amide bonds. The first-order valence-electron chi connectivity index (χ1n) is 9.57. The number of hydrogen-bond acceptors (Lipinski definition) is 3. The van der Waals surface area contributed by atoms with E-state index in [-0.39, 0.29) is 24.1 Å². The Morgan fingerprint density at radius 2 is 2.04 bits per heavy atom. The number of ether oxygens (including phenoxy) is 1. The fourth-order valence-electron chi connectivity index (χ4n) is 4.58. The summed E-state index contributed by atoms with van der Waals surface area (Å²) in [6.07, 6.45) is 2.24. The van der Waals surface area contributed by atoms with Crippen LogP contribution in [0.4, 0.5) is 4.39 Å². The first kappa shape index (κ1) is 20.6. The summed E-state index contributed by atoms with van der Waals surface area (Å²) in [6.45, 7) is 3.52. The molecule has 150 valence electrons. The Morgan fingerprint density at radius 1 is 1.25 bits per heavy atom. The van der Waals surface area contributed by atoms with Crippen LogP contribution in [0.25, 0.3) is 0 Å². The van der Waals surface area contributed by atoms with Crippen molar-refractivity contribution in [2.45, 2.75) is 18.8 Å². The van der Waals surface area contributed by atoms with E-state index in [1.54, 1.807) is 7.11 Å². The van der Waals surface area contributed by atoms with Gasteiger partial charge in [0, 0.05) is 30.8 Å². The van der Waals surface area contributed by atoms with Gasteiger partial charge in [-0.15, -0.1) is 12.4 Å². The highest BCUT2D eigenvalue weighted by Crippen LogP contribution is 2.46. The lowest BCUT2D eigenvalue weighted by Crippen LogP contribution is -2.42. The van der Waals surface area contributed by atoms with Crippen LogP contribution in [0.1, 0.15) is 33.8 Å². The quantitative estimate of drug-likeness (QED) is 0.827. The van der Waals surface area contributed by atoms with Gasteiger partial charge in [0.25, 0.3) is 5.91 Å². The molecule has 2 aliphatic rings. The number of nitrogens with one attached hydrogen (secondary N) is 1. The maximum Gasteiger partial charge on any atom is 0.251 e. The highest BCUT2D eigenvalue weighted by molar-refractivity contribution is 5.94. The molecule has 0 unspecified atom stereocenters. The Balaban J connectivity index is 0.00000225. The van der Waals surface area contributed by atoms with E-state index in [9.17, 15) is 9.18 Å². The van der Waals surface area contributed by atoms with Gasteiger partial charge in [-0.2, -0.15) is 0 Å². The second kappa shape index (κ2) is 8.93. The highest BCUT2D eigenvalue weighted by Gasteiger charge is 2.38. The molecule has 2 atom stereocenters. The molecule has 0 aromatic heterocycles. The molecule has 0 radical (unpaired) electrons. The minimum Gasteiger partial charge on any atom is -0.496 e. The highest BCUT2D eigenvalue weighted by atomic mass is 35.5. The third kappa shape index (κ3) is 4.15. The lowest BCUT2D eigenvalue weighted by molar-refractivity contribution is 0.0941. The summed E-state index contributed by atoms with van der Waals surface area (Å²) in [5.41, 5.74) is 3.33. The van der Waals surface area contributed by atoms with Crippen LogP contribution in [0, 0.1) is 11.7 Å². The van der Waals surface area contributed by atoms with Crippen molar-refractivity contribution in [2.75, 3.05) is 33.3 Å². The van der Waals surface area contributed by atoms with Crippen LogP contribution >= 0.6 is 12.4 Å². The number of piperidine rings is 1. The molecular weight excluding hydrogens is 379 g/mol. The molecule has 28 heavy (non-hydrogen) atoms. The molecule has 1 aliphatic carbocycles. The van der Waals surface area contributed by atoms with Gasteiger partial charge in [-0.05, 0) is 67.1 Å². The van der Waals surface area contributed by atoms with Crippen LogP contribution < -0.4 is 10.1 Å². The van der Waals surface area contributed by atoms with Crippen molar-refractivity contribution < 1.29 is 13.9 Å². The molecule has 4 nitrogen and oxygen atoms in total. The molecule has 1 N–H and O–H groups in total. The Hall–Kier alpha value is -2.11. The largest absolute Gasteiger partial charge is 0.496 e. The number of fused-ring (bicyclic) bond motifs is 3. The molecule has 2 aromatic rings. The second-order valence-corrected chi connectivity index (χ2v) is 7.46. The third-order valence-electron chi connectivity index (χ3n) is 5.87. The van der Waals surface area contributed by atoms with Gasteiger partial charge >= 0.3 is 0 Å². The third-order valence-corrected chi connectivity index (χ3v) is 5.87. The van der Waals surface area contributed by atoms with Crippen LogP contribution in [-0.4, -0.2) is 44.1 Å². The minimum atomic E-state index is -0.330. The summed E-state index contributed by atoms with van der Waals surface area (Å²) in [6, 6.07) is 12.0. The number of nitrogens with zero attached hydrogens (tertiary/aromatic N) is 1. The van der Waals surface area contributed by atoms with Crippen molar-refractivity contribution >= 4 is 18.3 Å². The summed E-state index contributed by atoms with van der Waals surface area (Å²) >= 11 is 0. The normalized spacial score (nSPS) is 20.6. The average Bonchev–Trinajstić information content (AvgIpc) is 3.06. The Morgan fingerprint density at radius 3 is 2.79 bits per heavy atom. The molecule has 2 aromatic carbocycles. The van der Waals surface area contributed by atoms with E-state index < -0.39 is 0 Å². The predicted molar refractivity (Wildman–Crippen MR) is 110 cm³/mol. The van der Waals surface area contributed by atoms with Gasteiger partial charge in [-0.25, -0.2) is 4.39 Å². The van der Waals surface area contributed by atoms with E-state index >= 15 is 0 Å². The minimum absolute atomic E-state index is 0. The van der Waals surface area contributed by atoms with Gasteiger partial charge in [0.2, 0.25) is 0 Å². The fraction of sp³-hybridized carbons (Fsp3) is 0.409. The first-order chi connectivity index (χ1) is 13.2. The molecule has 4 rings (SSSR count). The fourth-order valence-corrected chi connectivity index (χ4v) is 4.58. The summed E-state index contributed by atoms with van der Waals surface area (Å²) in [7, 11) is 1.75. The van der Waals surface area contributed by atoms with Crippen LogP contribution in [0.15, 0.2) is 42.5 Å². The van der Waals surface area contributed by atoms with E-state index in [2.05, 4.69) is 28.4 Å². The van der Waals surface area contributed by atoms with Crippen LogP contribution in [0.2, 0.25) is 0 Å². The van der Waals surface area contributed by atoms with Crippen molar-refractivity contribution in [2.24, 2.45) is 5.92 Å². The zero-order chi connectivity index (χ0) is 18.8. The van der Waals surface area contributed by atoms with Crippen LogP contribution in [-0.2, 0) is 6.42 Å². The van der Waals surface area contributed by atoms with E-state index in [0.717, 1.165) is 38.2 Å². The number of benzene rings is 2. The van der Waals surface area contributed by atoms with Crippen molar-refractivity contribution in [3.8, 4) is 5.75 Å². The molecule has 1 aliphatic heterocycles. The average molecular weight is 405 g/mol. The van der Waals surface area contributed by atoms with E-state index in [1.165, 1.54) is 35.4 Å². The molecule has 6 heteroatoms. The van der Waals surface area contributed by atoms with Gasteiger partial charge < -0.3 is 15.0 Å². The van der Waals surface area contributed by atoms with Crippen LogP contribution in [0.3, 0.4) is 0 Å². The number of methoxy groups -OCH3 is 1. The lowest BCUT2D eigenvalue weighted by Gasteiger charge is -2.35. The maximum absolute atomic E-state index is 13.0. The zero-order valence-electron chi connectivity index (χ0n) is 16.0. The molecule has 1 heterocycles. The summed E-state index contributed by atoms with van der Waals surface area (Å²) in [5.74, 6) is 1.76. The van der Waals surface area contributed by atoms with E-state index in [4.69, 9.17) is 4.74 Å². The predicted octanol–water partition coefficient (Wildman–Crippen LogP) is 3.65. The maximum atomic E-state index is 13.0. The molecule has 0 saturated carbocycles. The Bertz CT molecular complexity index is 828. The molecule has 1 saturated heterocycles. The number of hydrogen-bond donors (Lipinski definition) is 1. The van der Waals surface area contributed by atoms with Gasteiger partial charge in [-0.3, -0.25) is 4.79 Å². The summed E-state index contributed by atoms with van der Waals surface area (Å²) < 4.78 is 18.5. The van der Waals surface area contributed by atoms with Gasteiger partial charge in [0.1, 0.15) is 11.6 Å². The molecule has 0 bridgehead atoms. The number of halogens is 2. The summed E-state index contributed by atoms with van der Waals surface area (Å²) in [5, 5.41) is 2.94. The lowest BCUT2D eigenvalue weighted by atomic mass is 9.85. The van der Waals surface area contributed by atoms with Gasteiger partial charge in [0.05, 0.1) is 7.11 Å². The molecular formula is C22H26ClFN2O2. The number of amides is 1.